The average Bonchev–Trinajstić information content (AvgIpc) is 2.50. The van der Waals surface area contributed by atoms with Crippen LogP contribution in [0.4, 0.5) is 11.4 Å². The van der Waals surface area contributed by atoms with Gasteiger partial charge in [-0.25, -0.2) is 0 Å². The Balaban J connectivity index is 1.99. The number of benzene rings is 2. The van der Waals surface area contributed by atoms with E-state index in [1.165, 1.54) is 24.3 Å². The van der Waals surface area contributed by atoms with Gasteiger partial charge in [-0.1, -0.05) is 12.1 Å². The summed E-state index contributed by atoms with van der Waals surface area (Å²) in [5.41, 5.74) is 0.615. The van der Waals surface area contributed by atoms with Gasteiger partial charge in [0.15, 0.2) is 6.10 Å². The normalized spacial score (nSPS) is 11.5. The molecule has 0 heterocycles. The Labute approximate surface area is 135 Å². The van der Waals surface area contributed by atoms with Crippen molar-refractivity contribution in [1.82, 2.24) is 0 Å². The SMILES string of the molecule is C[C@H](Oc1ccc([N+](=O)[O-])cc1)C(=O)Nc1ccccc1Br. The van der Waals surface area contributed by atoms with Crippen LogP contribution in [0.2, 0.25) is 0 Å². The van der Waals surface area contributed by atoms with Crippen LogP contribution < -0.4 is 10.1 Å². The molecule has 1 amide bonds. The maximum atomic E-state index is 12.1. The maximum Gasteiger partial charge on any atom is 0.269 e. The molecule has 0 aromatic heterocycles. The monoisotopic (exact) mass is 364 g/mol. The number of rotatable bonds is 5. The van der Waals surface area contributed by atoms with E-state index in [0.29, 0.717) is 11.4 Å². The van der Waals surface area contributed by atoms with E-state index in [-0.39, 0.29) is 11.6 Å². The summed E-state index contributed by atoms with van der Waals surface area (Å²) in [5, 5.41) is 13.3. The molecular formula is C15H13BrN2O4. The Hall–Kier alpha value is -2.41. The standard InChI is InChI=1S/C15H13BrN2O4/c1-10(15(19)17-14-5-3-2-4-13(14)16)22-12-8-6-11(7-9-12)18(20)21/h2-10H,1H3,(H,17,19)/t10-/m0/s1. The summed E-state index contributed by atoms with van der Waals surface area (Å²) < 4.78 is 6.24. The van der Waals surface area contributed by atoms with Gasteiger partial charge in [-0.15, -0.1) is 0 Å². The number of amides is 1. The van der Waals surface area contributed by atoms with Crippen molar-refractivity contribution in [2.24, 2.45) is 0 Å². The van der Waals surface area contributed by atoms with Crippen LogP contribution in [-0.4, -0.2) is 16.9 Å². The number of carbonyl (C=O) groups excluding carboxylic acids is 1. The lowest BCUT2D eigenvalue weighted by molar-refractivity contribution is -0.384. The zero-order valence-electron chi connectivity index (χ0n) is 11.7. The van der Waals surface area contributed by atoms with Gasteiger partial charge >= 0.3 is 0 Å². The zero-order chi connectivity index (χ0) is 16.1. The van der Waals surface area contributed by atoms with E-state index in [0.717, 1.165) is 4.47 Å². The minimum Gasteiger partial charge on any atom is -0.481 e. The highest BCUT2D eigenvalue weighted by Gasteiger charge is 2.16. The fourth-order valence-corrected chi connectivity index (χ4v) is 2.08. The minimum absolute atomic E-state index is 0.0299. The smallest absolute Gasteiger partial charge is 0.269 e. The molecule has 6 nitrogen and oxygen atoms in total. The van der Waals surface area contributed by atoms with E-state index in [1.807, 2.05) is 18.2 Å². The second-order valence-electron chi connectivity index (χ2n) is 4.48. The number of nitro benzene ring substituents is 1. The van der Waals surface area contributed by atoms with Crippen LogP contribution >= 0.6 is 15.9 Å². The molecule has 0 aliphatic heterocycles. The summed E-state index contributed by atoms with van der Waals surface area (Å²) in [6, 6.07) is 12.8. The van der Waals surface area contributed by atoms with Crippen LogP contribution in [0.25, 0.3) is 0 Å². The first-order valence-electron chi connectivity index (χ1n) is 6.44. The van der Waals surface area contributed by atoms with Gasteiger partial charge in [0.25, 0.3) is 11.6 Å². The Morgan fingerprint density at radius 3 is 2.45 bits per heavy atom. The number of halogens is 1. The summed E-state index contributed by atoms with van der Waals surface area (Å²) in [6.45, 7) is 1.60. The molecule has 0 saturated heterocycles. The molecule has 2 aromatic carbocycles. The molecule has 0 aliphatic carbocycles. The van der Waals surface area contributed by atoms with Crippen LogP contribution in [-0.2, 0) is 4.79 Å². The third-order valence-electron chi connectivity index (χ3n) is 2.86. The molecule has 0 saturated carbocycles. The van der Waals surface area contributed by atoms with E-state index in [1.54, 1.807) is 13.0 Å². The van der Waals surface area contributed by atoms with Gasteiger partial charge in [-0.2, -0.15) is 0 Å². The van der Waals surface area contributed by atoms with Gasteiger partial charge in [-0.3, -0.25) is 14.9 Å². The van der Waals surface area contributed by atoms with Crippen molar-refractivity contribution in [3.8, 4) is 5.75 Å². The number of ether oxygens (including phenoxy) is 1. The van der Waals surface area contributed by atoms with E-state index in [9.17, 15) is 14.9 Å². The van der Waals surface area contributed by atoms with Gasteiger partial charge in [0, 0.05) is 16.6 Å². The number of carbonyl (C=O) groups is 1. The fourth-order valence-electron chi connectivity index (χ4n) is 1.70. The van der Waals surface area contributed by atoms with Crippen LogP contribution in [0.15, 0.2) is 53.0 Å². The van der Waals surface area contributed by atoms with Gasteiger partial charge < -0.3 is 10.1 Å². The third-order valence-corrected chi connectivity index (χ3v) is 3.55. The lowest BCUT2D eigenvalue weighted by Crippen LogP contribution is -2.30. The Morgan fingerprint density at radius 2 is 1.86 bits per heavy atom. The Bertz CT molecular complexity index is 688. The largest absolute Gasteiger partial charge is 0.481 e. The first kappa shape index (κ1) is 16.0. The summed E-state index contributed by atoms with van der Waals surface area (Å²) in [6.07, 6.45) is -0.742. The predicted molar refractivity (Wildman–Crippen MR) is 86.0 cm³/mol. The zero-order valence-corrected chi connectivity index (χ0v) is 13.2. The average molecular weight is 365 g/mol. The highest BCUT2D eigenvalue weighted by Crippen LogP contribution is 2.22. The van der Waals surface area contributed by atoms with Crippen molar-refractivity contribution in [2.45, 2.75) is 13.0 Å². The van der Waals surface area contributed by atoms with Crippen molar-refractivity contribution in [2.75, 3.05) is 5.32 Å². The molecule has 0 unspecified atom stereocenters. The number of hydrogen-bond acceptors (Lipinski definition) is 4. The van der Waals surface area contributed by atoms with Gasteiger partial charge in [0.05, 0.1) is 10.6 Å². The highest BCUT2D eigenvalue weighted by molar-refractivity contribution is 9.10. The van der Waals surface area contributed by atoms with Gasteiger partial charge in [-0.05, 0) is 47.1 Å². The molecule has 2 aromatic rings. The van der Waals surface area contributed by atoms with Crippen molar-refractivity contribution in [3.05, 3.63) is 63.1 Å². The molecule has 7 heteroatoms. The molecule has 0 bridgehead atoms. The lowest BCUT2D eigenvalue weighted by Gasteiger charge is -2.15. The first-order chi connectivity index (χ1) is 10.5. The topological polar surface area (TPSA) is 81.5 Å². The van der Waals surface area contributed by atoms with E-state index in [2.05, 4.69) is 21.2 Å². The van der Waals surface area contributed by atoms with Crippen LogP contribution in [0.5, 0.6) is 5.75 Å². The number of anilines is 1. The molecule has 0 spiro atoms. The van der Waals surface area contributed by atoms with E-state index < -0.39 is 11.0 Å². The first-order valence-corrected chi connectivity index (χ1v) is 7.23. The maximum absolute atomic E-state index is 12.1. The fraction of sp³-hybridized carbons (Fsp3) is 0.133. The van der Waals surface area contributed by atoms with Crippen molar-refractivity contribution < 1.29 is 14.5 Å². The quantitative estimate of drug-likeness (QED) is 0.646. The van der Waals surface area contributed by atoms with Gasteiger partial charge in [0.2, 0.25) is 0 Å². The molecule has 0 radical (unpaired) electrons. The number of nitro groups is 1. The van der Waals surface area contributed by atoms with Crippen LogP contribution in [0.3, 0.4) is 0 Å². The second kappa shape index (κ2) is 7.04. The minimum atomic E-state index is -0.742. The summed E-state index contributed by atoms with van der Waals surface area (Å²) in [4.78, 5) is 22.2. The number of hydrogen-bond donors (Lipinski definition) is 1. The second-order valence-corrected chi connectivity index (χ2v) is 5.33. The van der Waals surface area contributed by atoms with Crippen molar-refractivity contribution in [3.63, 3.8) is 0 Å². The molecular weight excluding hydrogens is 352 g/mol. The predicted octanol–water partition coefficient (Wildman–Crippen LogP) is 3.76. The molecule has 2 rings (SSSR count). The summed E-state index contributed by atoms with van der Waals surface area (Å²) in [7, 11) is 0. The van der Waals surface area contributed by atoms with E-state index >= 15 is 0 Å². The molecule has 1 N–H and O–H groups in total. The highest BCUT2D eigenvalue weighted by atomic mass is 79.9. The van der Waals surface area contributed by atoms with Crippen LogP contribution in [0.1, 0.15) is 6.92 Å². The number of para-hydroxylation sites is 1. The Morgan fingerprint density at radius 1 is 1.23 bits per heavy atom. The van der Waals surface area contributed by atoms with E-state index in [4.69, 9.17) is 4.74 Å². The summed E-state index contributed by atoms with van der Waals surface area (Å²) in [5.74, 6) is 0.0747. The molecule has 0 aliphatic rings. The van der Waals surface area contributed by atoms with Crippen molar-refractivity contribution >= 4 is 33.2 Å². The Kier molecular flexibility index (Phi) is 5.11. The number of nitrogens with zero attached hydrogens (tertiary/aromatic N) is 1. The number of nitrogens with one attached hydrogen (secondary N) is 1. The van der Waals surface area contributed by atoms with Crippen molar-refractivity contribution in [1.29, 1.82) is 0 Å². The number of non-ortho nitro benzene ring substituents is 1. The third kappa shape index (κ3) is 4.05. The van der Waals surface area contributed by atoms with Gasteiger partial charge in [0.1, 0.15) is 5.75 Å². The molecule has 0 fully saturated rings. The lowest BCUT2D eigenvalue weighted by atomic mass is 10.3. The van der Waals surface area contributed by atoms with Crippen LogP contribution in [0, 0.1) is 10.1 Å². The summed E-state index contributed by atoms with van der Waals surface area (Å²) >= 11 is 3.34. The molecule has 114 valence electrons. The molecule has 1 atom stereocenters. The molecule has 22 heavy (non-hydrogen) atoms.